The van der Waals surface area contributed by atoms with Crippen molar-refractivity contribution in [2.45, 2.75) is 64.9 Å². The van der Waals surface area contributed by atoms with Crippen LogP contribution < -0.4 is 0 Å². The summed E-state index contributed by atoms with van der Waals surface area (Å²) in [5.74, 6) is 8.35. The highest BCUT2D eigenvalue weighted by molar-refractivity contribution is 5.44. The molecule has 0 bridgehead atoms. The second-order valence-electron chi connectivity index (χ2n) is 9.38. The predicted octanol–water partition coefficient (Wildman–Crippen LogP) is 8.44. The Morgan fingerprint density at radius 3 is 1.91 bits per heavy atom. The average molecular weight is 453 g/mol. The van der Waals surface area contributed by atoms with Crippen molar-refractivity contribution in [3.05, 3.63) is 108 Å². The summed E-state index contributed by atoms with van der Waals surface area (Å²) in [4.78, 5) is 0. The summed E-state index contributed by atoms with van der Waals surface area (Å²) in [5, 5.41) is 0. The standard InChI is InChI=1S/C33H40O/c1-3-5-9-28-12-14-29(15-13-28)10-7-8-11-30-16-18-31(19-17-30)20-21-32-22-24-33(25-23-32)27-34-26-6-4-2/h3-5,7-8,16-19,22-25,28-29H,2,6,9-15,26-27H2,1H3/b5-3+,8-7+. The molecule has 1 nitrogen and oxygen atoms in total. The number of allylic oxidation sites excluding steroid dienone is 4. The number of hydrogen-bond donors (Lipinski definition) is 0. The van der Waals surface area contributed by atoms with E-state index in [9.17, 15) is 0 Å². The number of ether oxygens (including phenoxy) is 1. The van der Waals surface area contributed by atoms with Crippen LogP contribution in [-0.2, 0) is 17.8 Å². The average Bonchev–Trinajstić information content (AvgIpc) is 2.89. The Balaban J connectivity index is 1.38. The largest absolute Gasteiger partial charge is 0.376 e. The summed E-state index contributed by atoms with van der Waals surface area (Å²) in [6, 6.07) is 17.0. The molecule has 34 heavy (non-hydrogen) atoms. The molecule has 0 spiro atoms. The first-order valence-electron chi connectivity index (χ1n) is 12.9. The van der Waals surface area contributed by atoms with Gasteiger partial charge < -0.3 is 4.74 Å². The van der Waals surface area contributed by atoms with Crippen LogP contribution in [0.1, 0.15) is 74.1 Å². The van der Waals surface area contributed by atoms with Gasteiger partial charge in [-0.2, -0.15) is 0 Å². The van der Waals surface area contributed by atoms with Gasteiger partial charge in [0.05, 0.1) is 13.2 Å². The van der Waals surface area contributed by atoms with E-state index in [1.165, 1.54) is 49.7 Å². The maximum atomic E-state index is 5.61. The molecule has 0 aromatic heterocycles. The highest BCUT2D eigenvalue weighted by Gasteiger charge is 2.19. The fourth-order valence-electron chi connectivity index (χ4n) is 4.45. The number of hydrogen-bond acceptors (Lipinski definition) is 1. The van der Waals surface area contributed by atoms with Crippen LogP contribution in [0, 0.1) is 23.7 Å². The zero-order valence-electron chi connectivity index (χ0n) is 20.8. The van der Waals surface area contributed by atoms with Crippen molar-refractivity contribution in [1.82, 2.24) is 0 Å². The quantitative estimate of drug-likeness (QED) is 0.189. The Morgan fingerprint density at radius 1 is 0.794 bits per heavy atom. The summed E-state index contributed by atoms with van der Waals surface area (Å²) in [6.07, 6.45) is 21.1. The highest BCUT2D eigenvalue weighted by atomic mass is 16.5. The lowest BCUT2D eigenvalue weighted by Crippen LogP contribution is -2.13. The van der Waals surface area contributed by atoms with Gasteiger partial charge in [0.1, 0.15) is 0 Å². The zero-order chi connectivity index (χ0) is 23.8. The van der Waals surface area contributed by atoms with E-state index in [1.807, 2.05) is 6.08 Å². The summed E-state index contributed by atoms with van der Waals surface area (Å²) in [5.41, 5.74) is 4.60. The van der Waals surface area contributed by atoms with Crippen molar-refractivity contribution in [3.8, 4) is 11.8 Å². The van der Waals surface area contributed by atoms with Crippen LogP contribution >= 0.6 is 0 Å². The molecule has 0 radical (unpaired) electrons. The third kappa shape index (κ3) is 9.58. The van der Waals surface area contributed by atoms with Gasteiger partial charge in [0.15, 0.2) is 0 Å². The van der Waals surface area contributed by atoms with E-state index < -0.39 is 0 Å². The Morgan fingerprint density at radius 2 is 1.35 bits per heavy atom. The molecule has 1 fully saturated rings. The van der Waals surface area contributed by atoms with Crippen LogP contribution in [0.2, 0.25) is 0 Å². The molecule has 0 heterocycles. The Hall–Kier alpha value is -2.82. The van der Waals surface area contributed by atoms with Gasteiger partial charge in [-0.05, 0) is 106 Å². The Labute approximate surface area is 207 Å². The van der Waals surface area contributed by atoms with E-state index in [4.69, 9.17) is 4.74 Å². The third-order valence-electron chi connectivity index (χ3n) is 6.66. The van der Waals surface area contributed by atoms with Crippen LogP contribution in [0.25, 0.3) is 0 Å². The molecule has 1 saturated carbocycles. The normalized spacial score (nSPS) is 18.1. The molecule has 0 saturated heterocycles. The first kappa shape index (κ1) is 25.8. The smallest absolute Gasteiger partial charge is 0.0717 e. The summed E-state index contributed by atoms with van der Waals surface area (Å²) < 4.78 is 5.61. The third-order valence-corrected chi connectivity index (χ3v) is 6.66. The molecule has 1 aliphatic rings. The molecule has 0 aliphatic heterocycles. The molecule has 0 unspecified atom stereocenters. The van der Waals surface area contributed by atoms with Gasteiger partial charge in [-0.1, -0.05) is 66.5 Å². The molecule has 3 rings (SSSR count). The second-order valence-corrected chi connectivity index (χ2v) is 9.38. The lowest BCUT2D eigenvalue weighted by molar-refractivity contribution is 0.125. The minimum atomic E-state index is 0.634. The summed E-state index contributed by atoms with van der Waals surface area (Å²) >= 11 is 0. The molecule has 0 amide bonds. The first-order chi connectivity index (χ1) is 16.8. The molecule has 2 aromatic rings. The van der Waals surface area contributed by atoms with Crippen LogP contribution in [0.15, 0.2) is 85.5 Å². The van der Waals surface area contributed by atoms with Gasteiger partial charge in [-0.15, -0.1) is 6.58 Å². The van der Waals surface area contributed by atoms with E-state index >= 15 is 0 Å². The SMILES string of the molecule is C=CCCOCc1ccc(C#Cc2ccc(C/C=C/CC3CCC(C/C=C/C)CC3)cc2)cc1. The minimum Gasteiger partial charge on any atom is -0.376 e. The van der Waals surface area contributed by atoms with Crippen LogP contribution in [0.3, 0.4) is 0 Å². The molecule has 178 valence electrons. The molecule has 2 aromatic carbocycles. The molecule has 1 heteroatoms. The van der Waals surface area contributed by atoms with Gasteiger partial charge in [-0.3, -0.25) is 0 Å². The van der Waals surface area contributed by atoms with Crippen molar-refractivity contribution in [1.29, 1.82) is 0 Å². The van der Waals surface area contributed by atoms with Gasteiger partial charge in [0.2, 0.25) is 0 Å². The van der Waals surface area contributed by atoms with Gasteiger partial charge in [-0.25, -0.2) is 0 Å². The van der Waals surface area contributed by atoms with Crippen LogP contribution in [0.5, 0.6) is 0 Å². The Kier molecular flexibility index (Phi) is 11.5. The van der Waals surface area contributed by atoms with E-state index in [2.05, 4.69) is 98.2 Å². The monoisotopic (exact) mass is 452 g/mol. The predicted molar refractivity (Wildman–Crippen MR) is 146 cm³/mol. The molecule has 1 aliphatic carbocycles. The molecular formula is C33H40O. The van der Waals surface area contributed by atoms with Crippen molar-refractivity contribution in [3.63, 3.8) is 0 Å². The highest BCUT2D eigenvalue weighted by Crippen LogP contribution is 2.33. The Bertz CT molecular complexity index is 958. The van der Waals surface area contributed by atoms with E-state index in [0.29, 0.717) is 6.61 Å². The number of rotatable bonds is 11. The number of benzene rings is 2. The molecular weight excluding hydrogens is 412 g/mol. The van der Waals surface area contributed by atoms with Crippen molar-refractivity contribution in [2.75, 3.05) is 6.61 Å². The minimum absolute atomic E-state index is 0.634. The topological polar surface area (TPSA) is 9.23 Å². The van der Waals surface area contributed by atoms with Crippen molar-refractivity contribution >= 4 is 0 Å². The molecule has 0 atom stereocenters. The van der Waals surface area contributed by atoms with Crippen LogP contribution in [0.4, 0.5) is 0 Å². The summed E-state index contributed by atoms with van der Waals surface area (Å²) in [6.45, 7) is 7.19. The van der Waals surface area contributed by atoms with E-state index in [0.717, 1.165) is 42.4 Å². The van der Waals surface area contributed by atoms with Crippen LogP contribution in [-0.4, -0.2) is 6.61 Å². The van der Waals surface area contributed by atoms with Crippen molar-refractivity contribution < 1.29 is 4.74 Å². The lowest BCUT2D eigenvalue weighted by Gasteiger charge is -2.27. The maximum Gasteiger partial charge on any atom is 0.0717 e. The fraction of sp³-hybridized carbons (Fsp3) is 0.394. The van der Waals surface area contributed by atoms with Gasteiger partial charge >= 0.3 is 0 Å². The first-order valence-corrected chi connectivity index (χ1v) is 12.9. The lowest BCUT2D eigenvalue weighted by atomic mass is 9.79. The van der Waals surface area contributed by atoms with Gasteiger partial charge in [0, 0.05) is 11.1 Å². The van der Waals surface area contributed by atoms with Gasteiger partial charge in [0.25, 0.3) is 0 Å². The fourth-order valence-corrected chi connectivity index (χ4v) is 4.45. The maximum absolute atomic E-state index is 5.61. The van der Waals surface area contributed by atoms with Crippen molar-refractivity contribution in [2.24, 2.45) is 11.8 Å². The second kappa shape index (κ2) is 15.2. The zero-order valence-corrected chi connectivity index (χ0v) is 20.8. The summed E-state index contributed by atoms with van der Waals surface area (Å²) in [7, 11) is 0. The molecule has 0 N–H and O–H groups in total. The van der Waals surface area contributed by atoms with E-state index in [-0.39, 0.29) is 0 Å². The van der Waals surface area contributed by atoms with E-state index in [1.54, 1.807) is 0 Å².